The first kappa shape index (κ1) is 17.5. The van der Waals surface area contributed by atoms with Gasteiger partial charge in [-0.3, -0.25) is 4.79 Å². The van der Waals surface area contributed by atoms with E-state index < -0.39 is 11.1 Å². The smallest absolute Gasteiger partial charge is 0.221 e. The van der Waals surface area contributed by atoms with Gasteiger partial charge in [0, 0.05) is 23.3 Å². The summed E-state index contributed by atoms with van der Waals surface area (Å²) in [6.45, 7) is 9.05. The van der Waals surface area contributed by atoms with Gasteiger partial charge in [-0.1, -0.05) is 0 Å². The van der Waals surface area contributed by atoms with Crippen LogP contribution in [0.3, 0.4) is 0 Å². The Balaban J connectivity index is 2.27. The number of hydrogen-bond donors (Lipinski definition) is 2. The molecule has 0 spiro atoms. The van der Waals surface area contributed by atoms with Gasteiger partial charge in [0.15, 0.2) is 0 Å². The van der Waals surface area contributed by atoms with E-state index in [9.17, 15) is 9.90 Å². The summed E-state index contributed by atoms with van der Waals surface area (Å²) < 4.78 is 0. The highest BCUT2D eigenvalue weighted by Crippen LogP contribution is 2.21. The van der Waals surface area contributed by atoms with Crippen molar-refractivity contribution in [2.24, 2.45) is 0 Å². The molecule has 0 aliphatic heterocycles. The van der Waals surface area contributed by atoms with Crippen LogP contribution in [0.4, 0.5) is 0 Å². The molecule has 1 aromatic heterocycles. The number of carbonyl (C=O) groups is 1. The second-order valence-electron chi connectivity index (χ2n) is 5.89. The molecule has 0 bridgehead atoms. The number of aryl methyl sites for hydroxylation is 1. The molecule has 1 amide bonds. The van der Waals surface area contributed by atoms with Crippen LogP contribution < -0.4 is 5.32 Å². The lowest BCUT2D eigenvalue weighted by molar-refractivity contribution is -0.125. The van der Waals surface area contributed by atoms with Gasteiger partial charge in [-0.05, 0) is 34.6 Å². The summed E-state index contributed by atoms with van der Waals surface area (Å²) in [4.78, 5) is 16.3. The molecule has 0 radical (unpaired) electrons. The maximum atomic E-state index is 11.9. The predicted molar refractivity (Wildman–Crippen MR) is 86.1 cm³/mol. The van der Waals surface area contributed by atoms with Crippen molar-refractivity contribution in [3.8, 4) is 0 Å². The normalized spacial score (nSPS) is 12.5. The van der Waals surface area contributed by atoms with Crippen LogP contribution in [0.5, 0.6) is 0 Å². The fourth-order valence-corrected chi connectivity index (χ4v) is 2.93. The number of aromatic nitrogens is 1. The maximum Gasteiger partial charge on any atom is 0.221 e. The summed E-state index contributed by atoms with van der Waals surface area (Å²) in [6.07, 6.45) is 0.452. The molecule has 0 aliphatic carbocycles. The van der Waals surface area contributed by atoms with Crippen LogP contribution in [0.25, 0.3) is 0 Å². The number of nitrogens with one attached hydrogen (secondary N) is 1. The van der Waals surface area contributed by atoms with Crippen molar-refractivity contribution in [1.82, 2.24) is 10.3 Å². The van der Waals surface area contributed by atoms with Crippen LogP contribution in [0.15, 0.2) is 5.38 Å². The Morgan fingerprint density at radius 2 is 2.10 bits per heavy atom. The lowest BCUT2D eigenvalue weighted by Crippen LogP contribution is -2.57. The van der Waals surface area contributed by atoms with Crippen LogP contribution in [0.1, 0.15) is 44.8 Å². The monoisotopic (exact) mass is 316 g/mol. The van der Waals surface area contributed by atoms with Crippen LogP contribution in [0.2, 0.25) is 0 Å². The summed E-state index contributed by atoms with van der Waals surface area (Å²) in [5.74, 6) is 1.57. The van der Waals surface area contributed by atoms with Gasteiger partial charge in [0.1, 0.15) is 0 Å². The first-order valence-electron chi connectivity index (χ1n) is 6.64. The van der Waals surface area contributed by atoms with E-state index in [1.807, 2.05) is 20.8 Å². The molecule has 6 heteroatoms. The highest BCUT2D eigenvalue weighted by molar-refractivity contribution is 7.98. The molecule has 114 valence electrons. The zero-order valence-electron chi connectivity index (χ0n) is 12.8. The zero-order chi connectivity index (χ0) is 15.4. The lowest BCUT2D eigenvalue weighted by atomic mass is 9.86. The topological polar surface area (TPSA) is 62.2 Å². The van der Waals surface area contributed by atoms with E-state index in [-0.39, 0.29) is 5.91 Å². The number of thiazole rings is 1. The summed E-state index contributed by atoms with van der Waals surface area (Å²) in [5, 5.41) is 16.0. The van der Waals surface area contributed by atoms with Gasteiger partial charge in [0.2, 0.25) is 5.91 Å². The number of hydrogen-bond acceptors (Lipinski definition) is 5. The highest BCUT2D eigenvalue weighted by atomic mass is 32.2. The zero-order valence-corrected chi connectivity index (χ0v) is 14.5. The van der Waals surface area contributed by atoms with Crippen molar-refractivity contribution in [3.63, 3.8) is 0 Å². The predicted octanol–water partition coefficient (Wildman–Crippen LogP) is 2.74. The molecule has 0 saturated carbocycles. The molecule has 0 saturated heterocycles. The Hall–Kier alpha value is -0.590. The van der Waals surface area contributed by atoms with Gasteiger partial charge in [-0.25, -0.2) is 4.98 Å². The van der Waals surface area contributed by atoms with E-state index in [4.69, 9.17) is 0 Å². The average Bonchev–Trinajstić information content (AvgIpc) is 2.68. The Morgan fingerprint density at radius 3 is 2.60 bits per heavy atom. The molecule has 1 heterocycles. The van der Waals surface area contributed by atoms with Gasteiger partial charge < -0.3 is 10.4 Å². The van der Waals surface area contributed by atoms with Crippen molar-refractivity contribution in [2.75, 3.05) is 5.75 Å². The van der Waals surface area contributed by atoms with Gasteiger partial charge >= 0.3 is 0 Å². The van der Waals surface area contributed by atoms with Crippen molar-refractivity contribution < 1.29 is 9.90 Å². The molecule has 0 atom stereocenters. The van der Waals surface area contributed by atoms with Crippen molar-refractivity contribution in [1.29, 1.82) is 0 Å². The number of aliphatic hydroxyl groups is 1. The minimum atomic E-state index is -0.950. The van der Waals surface area contributed by atoms with Crippen molar-refractivity contribution >= 4 is 29.0 Å². The molecule has 1 rings (SSSR count). The quantitative estimate of drug-likeness (QED) is 0.759. The minimum absolute atomic E-state index is 0.0286. The van der Waals surface area contributed by atoms with Crippen LogP contribution >= 0.6 is 23.1 Å². The summed E-state index contributed by atoms with van der Waals surface area (Å²) in [7, 11) is 0. The molecular formula is C14H24N2O2S2. The van der Waals surface area contributed by atoms with Gasteiger partial charge in [0.25, 0.3) is 0 Å². The molecule has 0 fully saturated rings. The third-order valence-electron chi connectivity index (χ3n) is 3.37. The first-order valence-corrected chi connectivity index (χ1v) is 8.67. The van der Waals surface area contributed by atoms with E-state index in [0.29, 0.717) is 6.42 Å². The number of rotatable bonds is 7. The molecule has 0 aromatic carbocycles. The Labute approximate surface area is 129 Å². The Morgan fingerprint density at radius 1 is 1.45 bits per heavy atom. The van der Waals surface area contributed by atoms with Crippen molar-refractivity contribution in [3.05, 3.63) is 16.1 Å². The highest BCUT2D eigenvalue weighted by Gasteiger charge is 2.36. The van der Waals surface area contributed by atoms with Crippen LogP contribution in [-0.4, -0.2) is 32.9 Å². The Bertz CT molecular complexity index is 450. The van der Waals surface area contributed by atoms with E-state index in [0.717, 1.165) is 22.2 Å². The number of nitrogens with zero attached hydrogens (tertiary/aromatic N) is 1. The molecule has 20 heavy (non-hydrogen) atoms. The summed E-state index contributed by atoms with van der Waals surface area (Å²) >= 11 is 3.35. The molecule has 2 N–H and O–H groups in total. The number of thioether (sulfide) groups is 1. The fourth-order valence-electron chi connectivity index (χ4n) is 1.38. The summed E-state index contributed by atoms with van der Waals surface area (Å²) in [5.41, 5.74) is -0.510. The molecule has 0 aliphatic rings. The molecule has 0 unspecified atom stereocenters. The second kappa shape index (κ2) is 6.91. The third-order valence-corrected chi connectivity index (χ3v) is 5.19. The molecule has 1 aromatic rings. The standard InChI is InChI=1S/C14H24N2O2S2/c1-10-15-11(9-20-10)8-19-7-6-12(17)16-13(2,3)14(4,5)18/h9,18H,6-8H2,1-5H3,(H,16,17). The van der Waals surface area contributed by atoms with E-state index in [1.165, 1.54) is 0 Å². The van der Waals surface area contributed by atoms with E-state index in [1.54, 1.807) is 36.9 Å². The largest absolute Gasteiger partial charge is 0.388 e. The fraction of sp³-hybridized carbons (Fsp3) is 0.714. The Kier molecular flexibility index (Phi) is 6.04. The maximum absolute atomic E-state index is 11.9. The SMILES string of the molecule is Cc1nc(CSCCC(=O)NC(C)(C)C(C)(C)O)cs1. The number of amides is 1. The van der Waals surface area contributed by atoms with Gasteiger partial charge in [0.05, 0.1) is 21.8 Å². The van der Waals surface area contributed by atoms with E-state index >= 15 is 0 Å². The van der Waals surface area contributed by atoms with Crippen LogP contribution in [0, 0.1) is 6.92 Å². The molecule has 4 nitrogen and oxygen atoms in total. The van der Waals surface area contributed by atoms with Gasteiger partial charge in [-0.15, -0.1) is 11.3 Å². The first-order chi connectivity index (χ1) is 9.12. The average molecular weight is 316 g/mol. The minimum Gasteiger partial charge on any atom is -0.388 e. The lowest BCUT2D eigenvalue weighted by Gasteiger charge is -2.38. The molecular weight excluding hydrogens is 292 g/mol. The van der Waals surface area contributed by atoms with E-state index in [2.05, 4.69) is 15.7 Å². The van der Waals surface area contributed by atoms with Gasteiger partial charge in [-0.2, -0.15) is 11.8 Å². The number of carbonyl (C=O) groups excluding carboxylic acids is 1. The van der Waals surface area contributed by atoms with Crippen molar-refractivity contribution in [2.45, 2.75) is 57.9 Å². The third kappa shape index (κ3) is 5.42. The summed E-state index contributed by atoms with van der Waals surface area (Å²) in [6, 6.07) is 0. The van der Waals surface area contributed by atoms with Crippen LogP contribution in [-0.2, 0) is 10.5 Å². The second-order valence-corrected chi connectivity index (χ2v) is 8.06.